The fourth-order valence-electron chi connectivity index (χ4n) is 5.18. The molecule has 1 unspecified atom stereocenters. The van der Waals surface area contributed by atoms with E-state index in [9.17, 15) is 4.79 Å². The topological polar surface area (TPSA) is 43.7 Å². The number of amides is 1. The van der Waals surface area contributed by atoms with Crippen molar-refractivity contribution in [3.05, 3.63) is 95.2 Å². The molecule has 0 aliphatic carbocycles. The molecule has 1 aliphatic rings. The predicted molar refractivity (Wildman–Crippen MR) is 135 cm³/mol. The Morgan fingerprint density at radius 1 is 0.971 bits per heavy atom. The summed E-state index contributed by atoms with van der Waals surface area (Å²) in [6.07, 6.45) is 3.58. The van der Waals surface area contributed by atoms with Crippen LogP contribution in [0.3, 0.4) is 0 Å². The van der Waals surface area contributed by atoms with Crippen molar-refractivity contribution >= 4 is 16.8 Å². The fraction of sp³-hybridized carbons (Fsp3) is 0.276. The molecule has 1 aliphatic heterocycles. The minimum Gasteiger partial charge on any atom is -0.493 e. The van der Waals surface area contributed by atoms with Crippen molar-refractivity contribution in [1.29, 1.82) is 0 Å². The third-order valence-corrected chi connectivity index (χ3v) is 6.91. The van der Waals surface area contributed by atoms with E-state index in [-0.39, 0.29) is 11.9 Å². The SMILES string of the molecule is CCn1cc(C(=O)N2CCc3ccccc3C2Cc2ccc(OC)c(OC)c2)c2ccccc21. The van der Waals surface area contributed by atoms with Crippen LogP contribution in [0, 0.1) is 0 Å². The number of nitrogens with zero attached hydrogens (tertiary/aromatic N) is 2. The molecule has 4 aromatic rings. The Kier molecular flexibility index (Phi) is 6.01. The van der Waals surface area contributed by atoms with Gasteiger partial charge < -0.3 is 18.9 Å². The van der Waals surface area contributed by atoms with Gasteiger partial charge in [0.1, 0.15) is 0 Å². The van der Waals surface area contributed by atoms with Gasteiger partial charge in [-0.15, -0.1) is 0 Å². The smallest absolute Gasteiger partial charge is 0.256 e. The Morgan fingerprint density at radius 2 is 1.74 bits per heavy atom. The first-order valence-electron chi connectivity index (χ1n) is 11.8. The van der Waals surface area contributed by atoms with Gasteiger partial charge >= 0.3 is 0 Å². The number of carbonyl (C=O) groups is 1. The average molecular weight is 455 g/mol. The number of hydrogen-bond acceptors (Lipinski definition) is 3. The lowest BCUT2D eigenvalue weighted by atomic mass is 9.88. The summed E-state index contributed by atoms with van der Waals surface area (Å²) < 4.78 is 13.1. The van der Waals surface area contributed by atoms with Gasteiger partial charge in [-0.1, -0.05) is 48.5 Å². The molecule has 0 N–H and O–H groups in total. The highest BCUT2D eigenvalue weighted by atomic mass is 16.5. The Morgan fingerprint density at radius 3 is 2.53 bits per heavy atom. The second-order valence-corrected chi connectivity index (χ2v) is 8.70. The Labute approximate surface area is 200 Å². The maximum absolute atomic E-state index is 14.0. The third kappa shape index (κ3) is 3.81. The number of benzene rings is 3. The molecule has 5 heteroatoms. The summed E-state index contributed by atoms with van der Waals surface area (Å²) in [5.74, 6) is 1.49. The van der Waals surface area contributed by atoms with Crippen LogP contribution in [-0.2, 0) is 19.4 Å². The monoisotopic (exact) mass is 454 g/mol. The van der Waals surface area contributed by atoms with E-state index in [0.717, 1.165) is 35.0 Å². The molecule has 3 aromatic carbocycles. The second kappa shape index (κ2) is 9.26. The normalized spacial score (nSPS) is 15.3. The van der Waals surface area contributed by atoms with Gasteiger partial charge in [-0.05, 0) is 54.7 Å². The van der Waals surface area contributed by atoms with Crippen molar-refractivity contribution < 1.29 is 14.3 Å². The molecule has 0 fully saturated rings. The van der Waals surface area contributed by atoms with Gasteiger partial charge in [0, 0.05) is 30.2 Å². The molecule has 1 aromatic heterocycles. The molecule has 5 nitrogen and oxygen atoms in total. The number of hydrogen-bond donors (Lipinski definition) is 0. The lowest BCUT2D eigenvalue weighted by Crippen LogP contribution is -2.41. The number of ether oxygens (including phenoxy) is 2. The molecule has 0 spiro atoms. The molecule has 2 heterocycles. The average Bonchev–Trinajstić information content (AvgIpc) is 3.27. The first-order chi connectivity index (χ1) is 16.6. The molecular formula is C29H30N2O3. The largest absolute Gasteiger partial charge is 0.493 e. The van der Waals surface area contributed by atoms with Crippen LogP contribution in [0.4, 0.5) is 0 Å². The first-order valence-corrected chi connectivity index (χ1v) is 11.8. The minimum atomic E-state index is -0.0562. The highest BCUT2D eigenvalue weighted by molar-refractivity contribution is 6.07. The number of methoxy groups -OCH3 is 2. The number of fused-ring (bicyclic) bond motifs is 2. The zero-order valence-electron chi connectivity index (χ0n) is 20.0. The lowest BCUT2D eigenvalue weighted by Gasteiger charge is -2.37. The molecule has 1 atom stereocenters. The summed E-state index contributed by atoms with van der Waals surface area (Å²) in [5.41, 5.74) is 5.51. The van der Waals surface area contributed by atoms with Crippen molar-refractivity contribution in [2.45, 2.75) is 32.4 Å². The minimum absolute atomic E-state index is 0.0562. The van der Waals surface area contributed by atoms with Gasteiger partial charge in [0.15, 0.2) is 11.5 Å². The standard InChI is InChI=1S/C29H30N2O3/c1-4-30-19-24(23-11-7-8-12-25(23)30)29(32)31-16-15-21-9-5-6-10-22(21)26(31)17-20-13-14-27(33-2)28(18-20)34-3/h5-14,18-19,26H,4,15-17H2,1-3H3. The van der Waals surface area contributed by atoms with E-state index in [1.165, 1.54) is 11.1 Å². The van der Waals surface area contributed by atoms with E-state index in [2.05, 4.69) is 58.9 Å². The van der Waals surface area contributed by atoms with Crippen LogP contribution in [0.15, 0.2) is 72.9 Å². The number of para-hydroxylation sites is 1. The zero-order chi connectivity index (χ0) is 23.7. The summed E-state index contributed by atoms with van der Waals surface area (Å²) in [6.45, 7) is 3.63. The summed E-state index contributed by atoms with van der Waals surface area (Å²) in [6, 6.07) is 22.6. The fourth-order valence-corrected chi connectivity index (χ4v) is 5.18. The van der Waals surface area contributed by atoms with Crippen LogP contribution in [0.5, 0.6) is 11.5 Å². The zero-order valence-corrected chi connectivity index (χ0v) is 20.0. The molecule has 0 saturated carbocycles. The van der Waals surface area contributed by atoms with E-state index in [1.807, 2.05) is 30.5 Å². The van der Waals surface area contributed by atoms with Gasteiger partial charge in [0.05, 0.1) is 25.8 Å². The molecule has 0 bridgehead atoms. The summed E-state index contributed by atoms with van der Waals surface area (Å²) >= 11 is 0. The molecule has 34 heavy (non-hydrogen) atoms. The van der Waals surface area contributed by atoms with E-state index in [1.54, 1.807) is 14.2 Å². The van der Waals surface area contributed by atoms with Crippen molar-refractivity contribution in [1.82, 2.24) is 9.47 Å². The molecular weight excluding hydrogens is 424 g/mol. The third-order valence-electron chi connectivity index (χ3n) is 6.91. The van der Waals surface area contributed by atoms with Crippen LogP contribution in [0.2, 0.25) is 0 Å². The van der Waals surface area contributed by atoms with E-state index in [0.29, 0.717) is 24.5 Å². The Balaban J connectivity index is 1.56. The van der Waals surface area contributed by atoms with Gasteiger partial charge in [0.2, 0.25) is 0 Å². The van der Waals surface area contributed by atoms with Gasteiger partial charge in [0.25, 0.3) is 5.91 Å². The van der Waals surface area contributed by atoms with Gasteiger partial charge in [-0.3, -0.25) is 4.79 Å². The van der Waals surface area contributed by atoms with Gasteiger partial charge in [-0.2, -0.15) is 0 Å². The Hall–Kier alpha value is -3.73. The van der Waals surface area contributed by atoms with Crippen LogP contribution in [0.25, 0.3) is 10.9 Å². The van der Waals surface area contributed by atoms with Crippen LogP contribution in [0.1, 0.15) is 40.0 Å². The predicted octanol–water partition coefficient (Wildman–Crippen LogP) is 5.66. The maximum Gasteiger partial charge on any atom is 0.256 e. The summed E-state index contributed by atoms with van der Waals surface area (Å²) in [5, 5.41) is 1.01. The van der Waals surface area contributed by atoms with E-state index >= 15 is 0 Å². The maximum atomic E-state index is 14.0. The molecule has 0 saturated heterocycles. The van der Waals surface area contributed by atoms with Crippen LogP contribution in [-0.4, -0.2) is 36.1 Å². The van der Waals surface area contributed by atoms with Crippen molar-refractivity contribution in [3.8, 4) is 11.5 Å². The molecule has 174 valence electrons. The first kappa shape index (κ1) is 22.1. The summed E-state index contributed by atoms with van der Waals surface area (Å²) in [7, 11) is 3.29. The quantitative estimate of drug-likeness (QED) is 0.378. The molecule has 1 amide bonds. The summed E-state index contributed by atoms with van der Waals surface area (Å²) in [4.78, 5) is 16.1. The number of carbonyl (C=O) groups excluding carboxylic acids is 1. The van der Waals surface area contributed by atoms with E-state index in [4.69, 9.17) is 9.47 Å². The van der Waals surface area contributed by atoms with Crippen molar-refractivity contribution in [2.24, 2.45) is 0 Å². The lowest BCUT2D eigenvalue weighted by molar-refractivity contribution is 0.0662. The Bertz CT molecular complexity index is 1340. The number of aromatic nitrogens is 1. The number of rotatable bonds is 6. The van der Waals surface area contributed by atoms with Crippen LogP contribution < -0.4 is 9.47 Å². The second-order valence-electron chi connectivity index (χ2n) is 8.70. The highest BCUT2D eigenvalue weighted by Crippen LogP contribution is 2.36. The molecule has 0 radical (unpaired) electrons. The van der Waals surface area contributed by atoms with Crippen molar-refractivity contribution in [3.63, 3.8) is 0 Å². The van der Waals surface area contributed by atoms with Crippen LogP contribution >= 0.6 is 0 Å². The van der Waals surface area contributed by atoms with E-state index < -0.39 is 0 Å². The number of aryl methyl sites for hydroxylation is 1. The highest BCUT2D eigenvalue weighted by Gasteiger charge is 2.32. The van der Waals surface area contributed by atoms with Crippen molar-refractivity contribution in [2.75, 3.05) is 20.8 Å². The van der Waals surface area contributed by atoms with Gasteiger partial charge in [-0.25, -0.2) is 0 Å². The molecule has 5 rings (SSSR count).